The summed E-state index contributed by atoms with van der Waals surface area (Å²) in [5.74, 6) is -0.675. The Bertz CT molecular complexity index is 492. The van der Waals surface area contributed by atoms with Gasteiger partial charge in [0, 0.05) is 0 Å². The third-order valence-electron chi connectivity index (χ3n) is 4.98. The number of carbonyl (C=O) groups is 1. The molecule has 1 fully saturated rings. The topological polar surface area (TPSA) is 40.5 Å². The van der Waals surface area contributed by atoms with Crippen molar-refractivity contribution >= 4 is 5.97 Å². The molecule has 0 bridgehead atoms. The molecule has 0 radical (unpaired) electrons. The number of hydrogen-bond acceptors (Lipinski definition) is 2. The van der Waals surface area contributed by atoms with Crippen molar-refractivity contribution in [3.05, 3.63) is 35.4 Å². The van der Waals surface area contributed by atoms with Crippen LogP contribution < -0.4 is 0 Å². The summed E-state index contributed by atoms with van der Waals surface area (Å²) < 4.78 is 0. The summed E-state index contributed by atoms with van der Waals surface area (Å²) in [6, 6.07) is 8.43. The van der Waals surface area contributed by atoms with Crippen LogP contribution in [0.2, 0.25) is 0 Å². The van der Waals surface area contributed by atoms with Crippen molar-refractivity contribution in [1.82, 2.24) is 4.90 Å². The number of aryl methyl sites for hydroxylation is 1. The molecular weight excluding hydrogens is 250 g/mol. The lowest BCUT2D eigenvalue weighted by Gasteiger charge is -2.41. The van der Waals surface area contributed by atoms with Gasteiger partial charge in [-0.1, -0.05) is 37.1 Å². The second-order valence-corrected chi connectivity index (χ2v) is 6.16. The maximum atomic E-state index is 11.5. The highest BCUT2D eigenvalue weighted by Gasteiger charge is 2.44. The van der Waals surface area contributed by atoms with Gasteiger partial charge in [0.05, 0.1) is 12.0 Å². The zero-order valence-corrected chi connectivity index (χ0v) is 12.0. The van der Waals surface area contributed by atoms with Crippen LogP contribution in [0.4, 0.5) is 0 Å². The van der Waals surface area contributed by atoms with E-state index in [1.807, 2.05) is 0 Å². The fraction of sp³-hybridized carbons (Fsp3) is 0.588. The lowest BCUT2D eigenvalue weighted by Crippen LogP contribution is -2.46. The first-order chi connectivity index (χ1) is 9.72. The molecular formula is C17H23NO2. The molecule has 20 heavy (non-hydrogen) atoms. The van der Waals surface area contributed by atoms with E-state index < -0.39 is 5.97 Å². The predicted molar refractivity (Wildman–Crippen MR) is 78.7 cm³/mol. The molecule has 1 N–H and O–H groups in total. The van der Waals surface area contributed by atoms with Gasteiger partial charge in [0.2, 0.25) is 0 Å². The lowest BCUT2D eigenvalue weighted by atomic mass is 9.86. The molecule has 3 heteroatoms. The van der Waals surface area contributed by atoms with Gasteiger partial charge in [-0.25, -0.2) is 0 Å². The second kappa shape index (κ2) is 5.57. The number of carboxylic acid groups (broad SMARTS) is 1. The Morgan fingerprint density at radius 2 is 1.85 bits per heavy atom. The van der Waals surface area contributed by atoms with Gasteiger partial charge in [-0.05, 0) is 49.9 Å². The standard InChI is InChI=1S/C17H23NO2/c19-16(20)13-17(18-11-5-1-2-6-12-18)10-9-14-7-3-4-8-15(14)17/h3-4,7-8H,1-2,5-6,9-13H2,(H,19,20). The maximum Gasteiger partial charge on any atom is 0.305 e. The summed E-state index contributed by atoms with van der Waals surface area (Å²) >= 11 is 0. The molecule has 2 aliphatic rings. The van der Waals surface area contributed by atoms with E-state index in [0.717, 1.165) is 25.9 Å². The number of fused-ring (bicyclic) bond motifs is 1. The van der Waals surface area contributed by atoms with E-state index in [1.165, 1.54) is 36.8 Å². The highest BCUT2D eigenvalue weighted by Crippen LogP contribution is 2.45. The van der Waals surface area contributed by atoms with E-state index in [1.54, 1.807) is 0 Å². The Morgan fingerprint density at radius 3 is 2.55 bits per heavy atom. The quantitative estimate of drug-likeness (QED) is 0.919. The minimum absolute atomic E-state index is 0.240. The van der Waals surface area contributed by atoms with E-state index in [-0.39, 0.29) is 12.0 Å². The minimum atomic E-state index is -0.675. The van der Waals surface area contributed by atoms with E-state index in [4.69, 9.17) is 0 Å². The smallest absolute Gasteiger partial charge is 0.305 e. The van der Waals surface area contributed by atoms with Gasteiger partial charge in [-0.2, -0.15) is 0 Å². The van der Waals surface area contributed by atoms with Crippen LogP contribution in [0.3, 0.4) is 0 Å². The zero-order chi connectivity index (χ0) is 14.0. The molecule has 1 atom stereocenters. The molecule has 3 nitrogen and oxygen atoms in total. The Balaban J connectivity index is 1.99. The fourth-order valence-electron chi connectivity index (χ4n) is 4.04. The Kier molecular flexibility index (Phi) is 3.79. The summed E-state index contributed by atoms with van der Waals surface area (Å²) in [6.45, 7) is 2.09. The molecule has 1 aromatic rings. The molecule has 108 valence electrons. The van der Waals surface area contributed by atoms with Gasteiger partial charge in [0.1, 0.15) is 0 Å². The number of aliphatic carboxylic acids is 1. The van der Waals surface area contributed by atoms with E-state index in [2.05, 4.69) is 29.2 Å². The highest BCUT2D eigenvalue weighted by atomic mass is 16.4. The minimum Gasteiger partial charge on any atom is -0.481 e. The lowest BCUT2D eigenvalue weighted by molar-refractivity contribution is -0.140. The van der Waals surface area contributed by atoms with Crippen LogP contribution in [-0.4, -0.2) is 29.1 Å². The molecule has 3 rings (SSSR count). The van der Waals surface area contributed by atoms with E-state index in [0.29, 0.717) is 0 Å². The van der Waals surface area contributed by atoms with Crippen molar-refractivity contribution in [1.29, 1.82) is 0 Å². The molecule has 1 aromatic carbocycles. The average molecular weight is 273 g/mol. The van der Waals surface area contributed by atoms with Crippen molar-refractivity contribution in [3.63, 3.8) is 0 Å². The summed E-state index contributed by atoms with van der Waals surface area (Å²) in [7, 11) is 0. The van der Waals surface area contributed by atoms with Gasteiger partial charge in [-0.3, -0.25) is 9.69 Å². The fourth-order valence-corrected chi connectivity index (χ4v) is 4.04. The maximum absolute atomic E-state index is 11.5. The summed E-state index contributed by atoms with van der Waals surface area (Å²) in [5.41, 5.74) is 2.36. The number of benzene rings is 1. The van der Waals surface area contributed by atoms with Crippen molar-refractivity contribution < 1.29 is 9.90 Å². The number of rotatable bonds is 3. The van der Waals surface area contributed by atoms with Crippen molar-refractivity contribution in [2.75, 3.05) is 13.1 Å². The highest BCUT2D eigenvalue weighted by molar-refractivity contribution is 5.69. The van der Waals surface area contributed by atoms with E-state index >= 15 is 0 Å². The SMILES string of the molecule is O=C(O)CC1(N2CCCCCC2)CCc2ccccc21. The van der Waals surface area contributed by atoms with Crippen LogP contribution in [0.15, 0.2) is 24.3 Å². The van der Waals surface area contributed by atoms with Crippen LogP contribution in [0.5, 0.6) is 0 Å². The van der Waals surface area contributed by atoms with Gasteiger partial charge < -0.3 is 5.11 Å². The largest absolute Gasteiger partial charge is 0.481 e. The molecule has 1 saturated heterocycles. The Hall–Kier alpha value is -1.35. The van der Waals surface area contributed by atoms with Crippen molar-refractivity contribution in [2.24, 2.45) is 0 Å². The number of likely N-dealkylation sites (tertiary alicyclic amines) is 1. The first kappa shape index (κ1) is 13.6. The number of hydrogen-bond donors (Lipinski definition) is 1. The van der Waals surface area contributed by atoms with Gasteiger partial charge in [0.25, 0.3) is 0 Å². The van der Waals surface area contributed by atoms with Crippen LogP contribution in [-0.2, 0) is 16.8 Å². The van der Waals surface area contributed by atoms with E-state index in [9.17, 15) is 9.90 Å². The van der Waals surface area contributed by atoms with Crippen molar-refractivity contribution in [2.45, 2.75) is 50.5 Å². The number of nitrogens with zero attached hydrogens (tertiary/aromatic N) is 1. The van der Waals surface area contributed by atoms with Gasteiger partial charge in [-0.15, -0.1) is 0 Å². The van der Waals surface area contributed by atoms with Crippen LogP contribution in [0.25, 0.3) is 0 Å². The molecule has 1 heterocycles. The molecule has 0 aromatic heterocycles. The Labute approximate surface area is 120 Å². The van der Waals surface area contributed by atoms with Crippen LogP contribution in [0.1, 0.15) is 49.7 Å². The van der Waals surface area contributed by atoms with Crippen molar-refractivity contribution in [3.8, 4) is 0 Å². The first-order valence-electron chi connectivity index (χ1n) is 7.78. The zero-order valence-electron chi connectivity index (χ0n) is 12.0. The molecule has 0 spiro atoms. The van der Waals surface area contributed by atoms with Crippen LogP contribution in [0, 0.1) is 0 Å². The summed E-state index contributed by atoms with van der Waals surface area (Å²) in [6.07, 6.45) is 7.16. The second-order valence-electron chi connectivity index (χ2n) is 6.16. The number of carboxylic acids is 1. The molecule has 1 aliphatic heterocycles. The normalized spacial score (nSPS) is 27.0. The summed E-state index contributed by atoms with van der Waals surface area (Å²) in [4.78, 5) is 13.9. The third kappa shape index (κ3) is 2.35. The predicted octanol–water partition coefficient (Wildman–Crippen LogP) is 3.18. The molecule has 1 unspecified atom stereocenters. The van der Waals surface area contributed by atoms with Crippen LogP contribution >= 0.6 is 0 Å². The first-order valence-corrected chi connectivity index (χ1v) is 7.78. The third-order valence-corrected chi connectivity index (χ3v) is 4.98. The monoisotopic (exact) mass is 273 g/mol. The summed E-state index contributed by atoms with van der Waals surface area (Å²) in [5, 5.41) is 9.44. The van der Waals surface area contributed by atoms with Gasteiger partial charge in [0.15, 0.2) is 0 Å². The Morgan fingerprint density at radius 1 is 1.15 bits per heavy atom. The average Bonchev–Trinajstić information content (AvgIpc) is 2.65. The van der Waals surface area contributed by atoms with Gasteiger partial charge >= 0.3 is 5.97 Å². The molecule has 0 saturated carbocycles. The molecule has 0 amide bonds. The molecule has 1 aliphatic carbocycles.